The van der Waals surface area contributed by atoms with E-state index in [1.54, 1.807) is 0 Å². The van der Waals surface area contributed by atoms with Crippen molar-refractivity contribution in [2.45, 2.75) is 26.6 Å². The zero-order valence-corrected chi connectivity index (χ0v) is 14.4. The number of allylic oxidation sites excluding steroid dienone is 2. The standard InChI is InChI=1S/C20H24Si/c1-17(16-21(2,3)4)20(19-13-9-6-10-14-19)15-18-11-7-5-8-12-18/h5-16H,1-4H3/b17-16+,20-15+. The number of hydrogen-bond acceptors (Lipinski definition) is 0. The molecule has 2 aromatic rings. The maximum absolute atomic E-state index is 2.48. The molecule has 0 aromatic heterocycles. The molecule has 0 spiro atoms. The summed E-state index contributed by atoms with van der Waals surface area (Å²) in [6.07, 6.45) is 2.29. The van der Waals surface area contributed by atoms with Crippen molar-refractivity contribution in [2.24, 2.45) is 0 Å². The first-order chi connectivity index (χ1) is 9.96. The van der Waals surface area contributed by atoms with Gasteiger partial charge < -0.3 is 0 Å². The lowest BCUT2D eigenvalue weighted by molar-refractivity contribution is 1.50. The predicted octanol–water partition coefficient (Wildman–Crippen LogP) is 6.05. The molecule has 2 rings (SSSR count). The van der Waals surface area contributed by atoms with Crippen molar-refractivity contribution in [1.29, 1.82) is 0 Å². The summed E-state index contributed by atoms with van der Waals surface area (Å²) in [5, 5.41) is 0. The van der Waals surface area contributed by atoms with Crippen LogP contribution in [-0.2, 0) is 0 Å². The first-order valence-corrected chi connectivity index (χ1v) is 11.1. The number of hydrogen-bond donors (Lipinski definition) is 0. The molecular formula is C20H24Si. The van der Waals surface area contributed by atoms with E-state index in [0.29, 0.717) is 0 Å². The molecule has 0 radical (unpaired) electrons. The quantitative estimate of drug-likeness (QED) is 0.365. The zero-order chi connectivity index (χ0) is 15.3. The third-order valence-corrected chi connectivity index (χ3v) is 4.57. The topological polar surface area (TPSA) is 0 Å². The molecule has 0 unspecified atom stereocenters. The lowest BCUT2D eigenvalue weighted by atomic mass is 9.97. The molecule has 0 bridgehead atoms. The fourth-order valence-corrected chi connectivity index (χ4v) is 3.94. The van der Waals surface area contributed by atoms with Crippen LogP contribution >= 0.6 is 0 Å². The maximum Gasteiger partial charge on any atom is 0.0690 e. The zero-order valence-electron chi connectivity index (χ0n) is 13.4. The lowest BCUT2D eigenvalue weighted by Gasteiger charge is -2.15. The van der Waals surface area contributed by atoms with E-state index in [1.807, 2.05) is 0 Å². The van der Waals surface area contributed by atoms with Crippen molar-refractivity contribution in [1.82, 2.24) is 0 Å². The van der Waals surface area contributed by atoms with Crippen molar-refractivity contribution in [3.05, 3.63) is 83.1 Å². The minimum atomic E-state index is -1.24. The molecular weight excluding hydrogens is 268 g/mol. The highest BCUT2D eigenvalue weighted by Crippen LogP contribution is 2.27. The molecule has 0 fully saturated rings. The summed E-state index contributed by atoms with van der Waals surface area (Å²) >= 11 is 0. The Balaban J connectivity index is 2.51. The molecule has 21 heavy (non-hydrogen) atoms. The van der Waals surface area contributed by atoms with Gasteiger partial charge in [-0.1, -0.05) is 91.6 Å². The van der Waals surface area contributed by atoms with Crippen molar-refractivity contribution in [3.63, 3.8) is 0 Å². The van der Waals surface area contributed by atoms with E-state index in [9.17, 15) is 0 Å². The first-order valence-electron chi connectivity index (χ1n) is 7.48. The van der Waals surface area contributed by atoms with Crippen LogP contribution in [0.4, 0.5) is 0 Å². The summed E-state index contributed by atoms with van der Waals surface area (Å²) in [4.78, 5) is 0. The Morgan fingerprint density at radius 3 is 1.86 bits per heavy atom. The predicted molar refractivity (Wildman–Crippen MR) is 97.9 cm³/mol. The SMILES string of the molecule is CC(=C\[Si](C)(C)C)/C(=C\c1ccccc1)c1ccccc1. The van der Waals surface area contributed by atoms with E-state index < -0.39 is 8.07 Å². The molecule has 0 aliphatic heterocycles. The van der Waals surface area contributed by atoms with Crippen LogP contribution in [0.1, 0.15) is 18.1 Å². The van der Waals surface area contributed by atoms with Crippen LogP contribution in [0.15, 0.2) is 71.9 Å². The van der Waals surface area contributed by atoms with Gasteiger partial charge in [-0.3, -0.25) is 0 Å². The number of rotatable bonds is 4. The Morgan fingerprint density at radius 2 is 1.33 bits per heavy atom. The van der Waals surface area contributed by atoms with Crippen LogP contribution in [0.25, 0.3) is 11.6 Å². The van der Waals surface area contributed by atoms with E-state index >= 15 is 0 Å². The largest absolute Gasteiger partial charge is 0.0915 e. The highest BCUT2D eigenvalue weighted by Gasteiger charge is 2.12. The Hall–Kier alpha value is -1.86. The van der Waals surface area contributed by atoms with Gasteiger partial charge in [0.05, 0.1) is 8.07 Å². The average molecular weight is 292 g/mol. The van der Waals surface area contributed by atoms with E-state index in [-0.39, 0.29) is 0 Å². The van der Waals surface area contributed by atoms with Gasteiger partial charge in [-0.25, -0.2) is 0 Å². The maximum atomic E-state index is 2.48. The molecule has 108 valence electrons. The molecule has 0 amide bonds. The third-order valence-electron chi connectivity index (χ3n) is 3.27. The summed E-state index contributed by atoms with van der Waals surface area (Å²) in [5.74, 6) is 0. The highest BCUT2D eigenvalue weighted by molar-refractivity contribution is 6.81. The molecule has 1 heteroatoms. The van der Waals surface area contributed by atoms with Gasteiger partial charge in [-0.15, -0.1) is 0 Å². The summed E-state index contributed by atoms with van der Waals surface area (Å²) in [7, 11) is -1.24. The molecule has 0 aliphatic rings. The van der Waals surface area contributed by atoms with Crippen LogP contribution in [0.3, 0.4) is 0 Å². The minimum Gasteiger partial charge on any atom is -0.0915 e. The summed E-state index contributed by atoms with van der Waals surface area (Å²) in [6.45, 7) is 9.37. The van der Waals surface area contributed by atoms with Crippen molar-refractivity contribution >= 4 is 19.7 Å². The molecule has 0 aliphatic carbocycles. The minimum absolute atomic E-state index is 1.24. The Kier molecular flexibility index (Phi) is 4.97. The Morgan fingerprint density at radius 1 is 0.810 bits per heavy atom. The van der Waals surface area contributed by atoms with Crippen LogP contribution in [0.2, 0.25) is 19.6 Å². The van der Waals surface area contributed by atoms with Crippen LogP contribution < -0.4 is 0 Å². The smallest absolute Gasteiger partial charge is 0.0690 e. The van der Waals surface area contributed by atoms with Gasteiger partial charge in [-0.2, -0.15) is 0 Å². The fraction of sp³-hybridized carbons (Fsp3) is 0.200. The normalized spacial score (nSPS) is 13.3. The van der Waals surface area contributed by atoms with Crippen molar-refractivity contribution in [3.8, 4) is 0 Å². The van der Waals surface area contributed by atoms with E-state index in [1.165, 1.54) is 22.3 Å². The number of benzene rings is 2. The third kappa shape index (κ3) is 4.87. The van der Waals surface area contributed by atoms with E-state index in [2.05, 4.69) is 99.0 Å². The lowest BCUT2D eigenvalue weighted by Crippen LogP contribution is -2.16. The van der Waals surface area contributed by atoms with Gasteiger partial charge >= 0.3 is 0 Å². The van der Waals surface area contributed by atoms with Crippen LogP contribution in [-0.4, -0.2) is 8.07 Å². The van der Waals surface area contributed by atoms with E-state index in [0.717, 1.165) is 0 Å². The second-order valence-electron chi connectivity index (χ2n) is 6.53. The fourth-order valence-electron chi connectivity index (χ4n) is 2.49. The van der Waals surface area contributed by atoms with Gasteiger partial charge in [0, 0.05) is 0 Å². The molecule has 0 N–H and O–H groups in total. The van der Waals surface area contributed by atoms with Crippen LogP contribution in [0.5, 0.6) is 0 Å². The van der Waals surface area contributed by atoms with Crippen LogP contribution in [0, 0.1) is 0 Å². The second kappa shape index (κ2) is 6.73. The Labute approximate surface area is 129 Å². The van der Waals surface area contributed by atoms with E-state index in [4.69, 9.17) is 0 Å². The average Bonchev–Trinajstić information content (AvgIpc) is 2.45. The van der Waals surface area contributed by atoms with Crippen molar-refractivity contribution < 1.29 is 0 Å². The highest BCUT2D eigenvalue weighted by atomic mass is 28.3. The van der Waals surface area contributed by atoms with Gasteiger partial charge in [0.15, 0.2) is 0 Å². The van der Waals surface area contributed by atoms with Crippen molar-refractivity contribution in [2.75, 3.05) is 0 Å². The molecule has 0 saturated heterocycles. The van der Waals surface area contributed by atoms with Gasteiger partial charge in [0.1, 0.15) is 0 Å². The van der Waals surface area contributed by atoms with Gasteiger partial charge in [0.25, 0.3) is 0 Å². The monoisotopic (exact) mass is 292 g/mol. The molecule has 0 nitrogen and oxygen atoms in total. The molecule has 0 atom stereocenters. The first kappa shape index (κ1) is 15.5. The summed E-state index contributed by atoms with van der Waals surface area (Å²) in [6, 6.07) is 21.2. The molecule has 0 heterocycles. The second-order valence-corrected chi connectivity index (χ2v) is 11.5. The summed E-state index contributed by atoms with van der Waals surface area (Å²) < 4.78 is 0. The molecule has 2 aromatic carbocycles. The molecule has 0 saturated carbocycles. The van der Waals surface area contributed by atoms with Gasteiger partial charge in [-0.05, 0) is 29.7 Å². The van der Waals surface area contributed by atoms with Gasteiger partial charge in [0.2, 0.25) is 0 Å². The Bertz CT molecular complexity index is 629. The summed E-state index contributed by atoms with van der Waals surface area (Å²) in [5.41, 5.74) is 7.72.